The van der Waals surface area contributed by atoms with E-state index in [2.05, 4.69) is 5.32 Å². The number of carboxylic acids is 1. The third kappa shape index (κ3) is 5.52. The van der Waals surface area contributed by atoms with Crippen molar-refractivity contribution in [1.82, 2.24) is 5.32 Å². The van der Waals surface area contributed by atoms with Crippen LogP contribution < -0.4 is 10.1 Å². The summed E-state index contributed by atoms with van der Waals surface area (Å²) in [7, 11) is 0. The van der Waals surface area contributed by atoms with Crippen LogP contribution >= 0.6 is 11.8 Å². The van der Waals surface area contributed by atoms with Crippen LogP contribution in [0.5, 0.6) is 5.75 Å². The van der Waals surface area contributed by atoms with Crippen molar-refractivity contribution in [3.63, 3.8) is 0 Å². The Morgan fingerprint density at radius 2 is 1.95 bits per heavy atom. The second-order valence-electron chi connectivity index (χ2n) is 4.06. The third-order valence-electron chi connectivity index (χ3n) is 2.55. The van der Waals surface area contributed by atoms with Crippen LogP contribution in [-0.2, 0) is 9.59 Å². The number of carboxylic acid groups (broad SMARTS) is 1. The van der Waals surface area contributed by atoms with Gasteiger partial charge in [0.15, 0.2) is 0 Å². The quantitative estimate of drug-likeness (QED) is 0.719. The van der Waals surface area contributed by atoms with E-state index in [-0.39, 0.29) is 11.7 Å². The van der Waals surface area contributed by atoms with Crippen molar-refractivity contribution in [2.45, 2.75) is 31.2 Å². The summed E-state index contributed by atoms with van der Waals surface area (Å²) < 4.78 is 5.33. The molecule has 1 rings (SSSR count). The molecular weight excluding hydrogens is 278 g/mol. The minimum atomic E-state index is -1.01. The van der Waals surface area contributed by atoms with Gasteiger partial charge in [0.1, 0.15) is 11.8 Å². The highest BCUT2D eigenvalue weighted by Gasteiger charge is 2.17. The van der Waals surface area contributed by atoms with Crippen molar-refractivity contribution in [3.8, 4) is 5.75 Å². The minimum absolute atomic E-state index is 0.192. The fraction of sp³-hybridized carbons (Fsp3) is 0.429. The van der Waals surface area contributed by atoms with Gasteiger partial charge in [-0.2, -0.15) is 0 Å². The van der Waals surface area contributed by atoms with Gasteiger partial charge in [0.25, 0.3) is 0 Å². The summed E-state index contributed by atoms with van der Waals surface area (Å²) in [6, 6.07) is 6.61. The molecule has 0 heterocycles. The maximum absolute atomic E-state index is 11.6. The third-order valence-corrected chi connectivity index (χ3v) is 3.56. The summed E-state index contributed by atoms with van der Waals surface area (Å²) in [5, 5.41) is 11.3. The number of thioether (sulfide) groups is 1. The summed E-state index contributed by atoms with van der Waals surface area (Å²) in [5.74, 6) is -0.305. The smallest absolute Gasteiger partial charge is 0.326 e. The van der Waals surface area contributed by atoms with E-state index in [1.54, 1.807) is 6.92 Å². The van der Waals surface area contributed by atoms with Gasteiger partial charge in [-0.15, -0.1) is 11.8 Å². The van der Waals surface area contributed by atoms with E-state index in [9.17, 15) is 9.59 Å². The van der Waals surface area contributed by atoms with Crippen LogP contribution in [0.1, 0.15) is 20.3 Å². The van der Waals surface area contributed by atoms with Gasteiger partial charge >= 0.3 is 5.97 Å². The van der Waals surface area contributed by atoms with E-state index in [1.165, 1.54) is 11.8 Å². The average molecular weight is 297 g/mol. The van der Waals surface area contributed by atoms with E-state index < -0.39 is 12.0 Å². The zero-order chi connectivity index (χ0) is 15.0. The Morgan fingerprint density at radius 1 is 1.30 bits per heavy atom. The fourth-order valence-electron chi connectivity index (χ4n) is 1.52. The molecule has 1 aromatic rings. The first-order valence-corrected chi connectivity index (χ1v) is 7.43. The monoisotopic (exact) mass is 297 g/mol. The highest BCUT2D eigenvalue weighted by Crippen LogP contribution is 2.21. The van der Waals surface area contributed by atoms with Crippen molar-refractivity contribution >= 4 is 23.6 Å². The van der Waals surface area contributed by atoms with Crippen LogP contribution in [0, 0.1) is 0 Å². The van der Waals surface area contributed by atoms with Gasteiger partial charge in [-0.25, -0.2) is 4.79 Å². The number of hydrogen-bond acceptors (Lipinski definition) is 4. The number of rotatable bonds is 8. The van der Waals surface area contributed by atoms with E-state index in [1.807, 2.05) is 31.2 Å². The largest absolute Gasteiger partial charge is 0.494 e. The second-order valence-corrected chi connectivity index (χ2v) is 5.11. The number of carbonyl (C=O) groups excluding carboxylic acids is 1. The molecule has 1 atom stereocenters. The molecule has 1 amide bonds. The van der Waals surface area contributed by atoms with Crippen LogP contribution in [0.2, 0.25) is 0 Å². The van der Waals surface area contributed by atoms with Crippen LogP contribution in [0.15, 0.2) is 29.2 Å². The first-order valence-electron chi connectivity index (χ1n) is 6.44. The highest BCUT2D eigenvalue weighted by atomic mass is 32.2. The molecule has 0 spiro atoms. The first kappa shape index (κ1) is 16.4. The predicted molar refractivity (Wildman–Crippen MR) is 78.2 cm³/mol. The van der Waals surface area contributed by atoms with Crippen LogP contribution in [0.3, 0.4) is 0 Å². The van der Waals surface area contributed by atoms with Gasteiger partial charge in [-0.3, -0.25) is 4.79 Å². The molecule has 5 nitrogen and oxygen atoms in total. The number of benzene rings is 1. The normalized spacial score (nSPS) is 11.7. The number of carbonyl (C=O) groups is 2. The van der Waals surface area contributed by atoms with E-state index in [0.717, 1.165) is 10.6 Å². The molecule has 0 aromatic heterocycles. The molecule has 0 unspecified atom stereocenters. The lowest BCUT2D eigenvalue weighted by molar-refractivity contribution is -0.141. The summed E-state index contributed by atoms with van der Waals surface area (Å²) in [4.78, 5) is 23.4. The molecule has 110 valence electrons. The number of nitrogens with one attached hydrogen (secondary N) is 1. The van der Waals surface area contributed by atoms with Crippen molar-refractivity contribution in [3.05, 3.63) is 24.3 Å². The number of aliphatic carboxylic acids is 1. The van der Waals surface area contributed by atoms with E-state index in [0.29, 0.717) is 13.0 Å². The average Bonchev–Trinajstić information content (AvgIpc) is 2.44. The first-order chi connectivity index (χ1) is 9.56. The molecule has 0 bridgehead atoms. The molecule has 1 aromatic carbocycles. The van der Waals surface area contributed by atoms with Crippen LogP contribution in [-0.4, -0.2) is 35.4 Å². The Bertz CT molecular complexity index is 447. The molecule has 2 N–H and O–H groups in total. The number of ether oxygens (including phenoxy) is 1. The molecule has 0 saturated carbocycles. The maximum Gasteiger partial charge on any atom is 0.326 e. The minimum Gasteiger partial charge on any atom is -0.494 e. The zero-order valence-corrected chi connectivity index (χ0v) is 12.4. The van der Waals surface area contributed by atoms with E-state index >= 15 is 0 Å². The van der Waals surface area contributed by atoms with Gasteiger partial charge in [0, 0.05) is 4.90 Å². The maximum atomic E-state index is 11.6. The summed E-state index contributed by atoms with van der Waals surface area (Å²) in [6.45, 7) is 4.25. The Morgan fingerprint density at radius 3 is 2.45 bits per heavy atom. The van der Waals surface area contributed by atoms with Crippen molar-refractivity contribution in [2.75, 3.05) is 12.4 Å². The van der Waals surface area contributed by atoms with Gasteiger partial charge in [-0.05, 0) is 37.6 Å². The van der Waals surface area contributed by atoms with Gasteiger partial charge in [0.05, 0.1) is 12.4 Å². The fourth-order valence-corrected chi connectivity index (χ4v) is 2.23. The predicted octanol–water partition coefficient (Wildman–Crippen LogP) is 2.16. The summed E-state index contributed by atoms with van der Waals surface area (Å²) in [6.07, 6.45) is 0.370. The molecule has 6 heteroatoms. The lowest BCUT2D eigenvalue weighted by Crippen LogP contribution is -2.41. The molecule has 20 heavy (non-hydrogen) atoms. The zero-order valence-electron chi connectivity index (χ0n) is 11.6. The molecule has 0 aliphatic heterocycles. The number of hydrogen-bond donors (Lipinski definition) is 2. The Kier molecular flexibility index (Phi) is 6.93. The van der Waals surface area contributed by atoms with Crippen LogP contribution in [0.25, 0.3) is 0 Å². The Labute approximate surface area is 122 Å². The van der Waals surface area contributed by atoms with Crippen molar-refractivity contribution in [1.29, 1.82) is 0 Å². The van der Waals surface area contributed by atoms with Crippen LogP contribution in [0.4, 0.5) is 0 Å². The van der Waals surface area contributed by atoms with Gasteiger partial charge in [-0.1, -0.05) is 6.92 Å². The molecule has 0 aliphatic carbocycles. The Hall–Kier alpha value is -1.69. The van der Waals surface area contributed by atoms with Gasteiger partial charge < -0.3 is 15.2 Å². The summed E-state index contributed by atoms with van der Waals surface area (Å²) in [5.41, 5.74) is 0. The lowest BCUT2D eigenvalue weighted by Gasteiger charge is -2.12. The second kappa shape index (κ2) is 8.47. The Balaban J connectivity index is 2.42. The summed E-state index contributed by atoms with van der Waals surface area (Å²) >= 11 is 1.36. The standard InChI is InChI=1S/C14H19NO4S/c1-3-12(14(17)18)15-13(16)9-20-11-7-5-10(6-8-11)19-4-2/h5-8,12H,3-4,9H2,1-2H3,(H,15,16)(H,17,18)/t12-/m0/s1. The molecule has 0 fully saturated rings. The van der Waals surface area contributed by atoms with Crippen molar-refractivity contribution < 1.29 is 19.4 Å². The molecule has 0 aliphatic rings. The molecular formula is C14H19NO4S. The van der Waals surface area contributed by atoms with Crippen molar-refractivity contribution in [2.24, 2.45) is 0 Å². The highest BCUT2D eigenvalue weighted by molar-refractivity contribution is 8.00. The lowest BCUT2D eigenvalue weighted by atomic mass is 10.2. The van der Waals surface area contributed by atoms with E-state index in [4.69, 9.17) is 9.84 Å². The molecule has 0 saturated heterocycles. The van der Waals surface area contributed by atoms with Gasteiger partial charge in [0.2, 0.25) is 5.91 Å². The topological polar surface area (TPSA) is 75.6 Å². The molecule has 0 radical (unpaired) electrons. The SMILES string of the molecule is CCOc1ccc(SCC(=O)N[C@@H](CC)C(=O)O)cc1. The number of amides is 1.